The highest BCUT2D eigenvalue weighted by molar-refractivity contribution is 5.75. The average Bonchev–Trinajstić information content (AvgIpc) is 3.13. The molecule has 0 amide bonds. The number of benzene rings is 1. The van der Waals surface area contributed by atoms with E-state index in [2.05, 4.69) is 23.3 Å². The second-order valence-corrected chi connectivity index (χ2v) is 4.90. The van der Waals surface area contributed by atoms with Gasteiger partial charge in [-0.25, -0.2) is 4.68 Å². The van der Waals surface area contributed by atoms with Crippen LogP contribution >= 0.6 is 0 Å². The molecule has 0 saturated heterocycles. The van der Waals surface area contributed by atoms with E-state index in [9.17, 15) is 0 Å². The highest BCUT2D eigenvalue weighted by Crippen LogP contribution is 2.37. The summed E-state index contributed by atoms with van der Waals surface area (Å²) in [6, 6.07) is 7.67. The fraction of sp³-hybridized carbons (Fsp3) is 0.462. The van der Waals surface area contributed by atoms with E-state index in [0.29, 0.717) is 11.5 Å². The van der Waals surface area contributed by atoms with Gasteiger partial charge in [0.15, 0.2) is 0 Å². The van der Waals surface area contributed by atoms with Crippen molar-refractivity contribution in [1.82, 2.24) is 15.0 Å². The Balaban J connectivity index is 1.92. The van der Waals surface area contributed by atoms with Gasteiger partial charge in [-0.15, -0.1) is 5.10 Å². The van der Waals surface area contributed by atoms with Gasteiger partial charge in [-0.05, 0) is 42.9 Å². The zero-order valence-corrected chi connectivity index (χ0v) is 9.80. The molecule has 2 aromatic rings. The Labute approximate surface area is 99.8 Å². The van der Waals surface area contributed by atoms with Gasteiger partial charge in [-0.1, -0.05) is 12.1 Å². The maximum Gasteiger partial charge on any atom is 0.114 e. The fourth-order valence-electron chi connectivity index (χ4n) is 2.26. The van der Waals surface area contributed by atoms with Gasteiger partial charge in [0, 0.05) is 6.54 Å². The molecular formula is C13H14N4. The standard InChI is InChI=1S/C13H14N4/c1-9(11-3-4-11)8-17-13-5-2-10(7-14)6-12(13)15-16-17/h2,5-6,9,11H,3-4,8H2,1H3. The van der Waals surface area contributed by atoms with E-state index in [-0.39, 0.29) is 0 Å². The summed E-state index contributed by atoms with van der Waals surface area (Å²) in [6.07, 6.45) is 2.71. The van der Waals surface area contributed by atoms with Gasteiger partial charge in [0.25, 0.3) is 0 Å². The Morgan fingerprint density at radius 1 is 1.53 bits per heavy atom. The molecule has 1 fully saturated rings. The van der Waals surface area contributed by atoms with Crippen molar-refractivity contribution >= 4 is 11.0 Å². The predicted molar refractivity (Wildman–Crippen MR) is 64.1 cm³/mol. The number of hydrogen-bond donors (Lipinski definition) is 0. The quantitative estimate of drug-likeness (QED) is 0.807. The molecule has 0 bridgehead atoms. The van der Waals surface area contributed by atoms with Crippen molar-refractivity contribution in [2.45, 2.75) is 26.3 Å². The first kappa shape index (κ1) is 10.3. The molecule has 1 aromatic carbocycles. The SMILES string of the molecule is CC(Cn1nnc2cc(C#N)ccc21)C1CC1. The molecule has 0 N–H and O–H groups in total. The van der Waals surface area contributed by atoms with E-state index in [0.717, 1.165) is 23.5 Å². The molecule has 1 heterocycles. The van der Waals surface area contributed by atoms with Gasteiger partial charge < -0.3 is 0 Å². The molecule has 1 aromatic heterocycles. The monoisotopic (exact) mass is 226 g/mol. The number of aromatic nitrogens is 3. The maximum absolute atomic E-state index is 8.83. The van der Waals surface area contributed by atoms with Crippen molar-refractivity contribution in [2.24, 2.45) is 11.8 Å². The zero-order chi connectivity index (χ0) is 11.8. The fourth-order valence-corrected chi connectivity index (χ4v) is 2.26. The summed E-state index contributed by atoms with van der Waals surface area (Å²) in [4.78, 5) is 0. The molecule has 86 valence electrons. The summed E-state index contributed by atoms with van der Waals surface area (Å²) in [5, 5.41) is 17.1. The first-order chi connectivity index (χ1) is 8.28. The number of fused-ring (bicyclic) bond motifs is 1. The molecule has 0 aliphatic heterocycles. The van der Waals surface area contributed by atoms with Crippen molar-refractivity contribution in [2.75, 3.05) is 0 Å². The van der Waals surface area contributed by atoms with E-state index in [1.54, 1.807) is 6.07 Å². The second kappa shape index (κ2) is 3.85. The van der Waals surface area contributed by atoms with Crippen molar-refractivity contribution < 1.29 is 0 Å². The van der Waals surface area contributed by atoms with Gasteiger partial charge in [-0.2, -0.15) is 5.26 Å². The third-order valence-electron chi connectivity index (χ3n) is 3.53. The molecule has 4 nitrogen and oxygen atoms in total. The van der Waals surface area contributed by atoms with Gasteiger partial charge in [-0.3, -0.25) is 0 Å². The highest BCUT2D eigenvalue weighted by atomic mass is 15.4. The van der Waals surface area contributed by atoms with Gasteiger partial charge in [0.05, 0.1) is 17.1 Å². The molecule has 0 spiro atoms. The number of hydrogen-bond acceptors (Lipinski definition) is 3. The number of nitrogens with zero attached hydrogens (tertiary/aromatic N) is 4. The van der Waals surface area contributed by atoms with E-state index in [1.807, 2.05) is 16.8 Å². The topological polar surface area (TPSA) is 54.5 Å². The van der Waals surface area contributed by atoms with Crippen LogP contribution in [0.3, 0.4) is 0 Å². The van der Waals surface area contributed by atoms with E-state index in [1.165, 1.54) is 12.8 Å². The summed E-state index contributed by atoms with van der Waals surface area (Å²) in [7, 11) is 0. The largest absolute Gasteiger partial charge is 0.244 e. The minimum atomic E-state index is 0.639. The van der Waals surface area contributed by atoms with Crippen molar-refractivity contribution in [3.05, 3.63) is 23.8 Å². The third-order valence-corrected chi connectivity index (χ3v) is 3.53. The van der Waals surface area contributed by atoms with Crippen molar-refractivity contribution in [3.8, 4) is 6.07 Å². The smallest absolute Gasteiger partial charge is 0.114 e. The van der Waals surface area contributed by atoms with Crippen LogP contribution in [0.1, 0.15) is 25.3 Å². The molecule has 0 radical (unpaired) electrons. The Bertz CT molecular complexity index is 589. The Hall–Kier alpha value is -1.89. The highest BCUT2D eigenvalue weighted by Gasteiger charge is 2.28. The molecule has 1 saturated carbocycles. The van der Waals surface area contributed by atoms with Crippen molar-refractivity contribution in [1.29, 1.82) is 5.26 Å². The Morgan fingerprint density at radius 3 is 3.06 bits per heavy atom. The lowest BCUT2D eigenvalue weighted by molar-refractivity contribution is 0.407. The Kier molecular flexibility index (Phi) is 2.32. The molecule has 4 heteroatoms. The van der Waals surface area contributed by atoms with Crippen LogP contribution in [0.5, 0.6) is 0 Å². The van der Waals surface area contributed by atoms with Crippen LogP contribution < -0.4 is 0 Å². The average molecular weight is 226 g/mol. The summed E-state index contributed by atoms with van der Waals surface area (Å²) in [5.41, 5.74) is 2.48. The lowest BCUT2D eigenvalue weighted by atomic mass is 10.1. The summed E-state index contributed by atoms with van der Waals surface area (Å²) < 4.78 is 1.96. The lowest BCUT2D eigenvalue weighted by Crippen LogP contribution is -2.10. The van der Waals surface area contributed by atoms with Gasteiger partial charge >= 0.3 is 0 Å². The molecule has 1 unspecified atom stereocenters. The molecular weight excluding hydrogens is 212 g/mol. The van der Waals surface area contributed by atoms with Crippen molar-refractivity contribution in [3.63, 3.8) is 0 Å². The number of nitriles is 1. The van der Waals surface area contributed by atoms with Gasteiger partial charge in [0.1, 0.15) is 5.52 Å². The number of rotatable bonds is 3. The lowest BCUT2D eigenvalue weighted by Gasteiger charge is -2.09. The maximum atomic E-state index is 8.83. The summed E-state index contributed by atoms with van der Waals surface area (Å²) in [6.45, 7) is 3.20. The van der Waals surface area contributed by atoms with E-state index >= 15 is 0 Å². The van der Waals surface area contributed by atoms with E-state index in [4.69, 9.17) is 5.26 Å². The van der Waals surface area contributed by atoms with Crippen LogP contribution in [-0.4, -0.2) is 15.0 Å². The van der Waals surface area contributed by atoms with Crippen LogP contribution in [0.15, 0.2) is 18.2 Å². The minimum Gasteiger partial charge on any atom is -0.244 e. The summed E-state index contributed by atoms with van der Waals surface area (Å²) in [5.74, 6) is 1.53. The van der Waals surface area contributed by atoms with Crippen LogP contribution in [0.4, 0.5) is 0 Å². The molecule has 1 aliphatic carbocycles. The second-order valence-electron chi connectivity index (χ2n) is 4.90. The third kappa shape index (κ3) is 1.89. The van der Waals surface area contributed by atoms with Crippen LogP contribution in [0.25, 0.3) is 11.0 Å². The minimum absolute atomic E-state index is 0.639. The molecule has 17 heavy (non-hydrogen) atoms. The van der Waals surface area contributed by atoms with Crippen LogP contribution in [0.2, 0.25) is 0 Å². The molecule has 1 aliphatic rings. The van der Waals surface area contributed by atoms with Gasteiger partial charge in [0.2, 0.25) is 0 Å². The molecule has 3 rings (SSSR count). The summed E-state index contributed by atoms with van der Waals surface area (Å²) >= 11 is 0. The zero-order valence-electron chi connectivity index (χ0n) is 9.80. The first-order valence-corrected chi connectivity index (χ1v) is 6.01. The molecule has 1 atom stereocenters. The van der Waals surface area contributed by atoms with Crippen LogP contribution in [0, 0.1) is 23.2 Å². The Morgan fingerprint density at radius 2 is 2.35 bits per heavy atom. The van der Waals surface area contributed by atoms with E-state index < -0.39 is 0 Å². The van der Waals surface area contributed by atoms with Crippen LogP contribution in [-0.2, 0) is 6.54 Å². The predicted octanol–water partition coefficient (Wildman–Crippen LogP) is 2.35. The first-order valence-electron chi connectivity index (χ1n) is 6.01. The normalized spacial score (nSPS) is 16.9.